The molecule has 1 aromatic heterocycles. The van der Waals surface area contributed by atoms with E-state index in [-0.39, 0.29) is 11.3 Å². The molecule has 0 saturated heterocycles. The van der Waals surface area contributed by atoms with Crippen LogP contribution in [0.25, 0.3) is 5.69 Å². The Morgan fingerprint density at radius 1 is 1.30 bits per heavy atom. The van der Waals surface area contributed by atoms with Crippen LogP contribution in [0.5, 0.6) is 11.5 Å². The Labute approximate surface area is 125 Å². The van der Waals surface area contributed by atoms with E-state index in [1.54, 1.807) is 0 Å². The van der Waals surface area contributed by atoms with Gasteiger partial charge in [-0.15, -0.1) is 8.78 Å². The minimum atomic E-state index is -3.92. The third-order valence-corrected chi connectivity index (χ3v) is 3.02. The number of carbonyl (C=O) groups is 1. The molecule has 0 amide bonds. The van der Waals surface area contributed by atoms with Gasteiger partial charge in [0.25, 0.3) is 0 Å². The Bertz CT molecular complexity index is 894. The van der Waals surface area contributed by atoms with Crippen molar-refractivity contribution in [1.82, 2.24) is 9.78 Å². The minimum Gasteiger partial charge on any atom is -0.476 e. The van der Waals surface area contributed by atoms with E-state index < -0.39 is 40.7 Å². The molecule has 3 rings (SSSR count). The van der Waals surface area contributed by atoms with Crippen molar-refractivity contribution in [2.75, 3.05) is 0 Å². The van der Waals surface area contributed by atoms with Gasteiger partial charge in [0, 0.05) is 23.9 Å². The Morgan fingerprint density at radius 2 is 1.91 bits per heavy atom. The Balaban J connectivity index is 2.18. The highest BCUT2D eigenvalue weighted by Crippen LogP contribution is 2.42. The van der Waals surface area contributed by atoms with E-state index >= 15 is 0 Å². The lowest BCUT2D eigenvalue weighted by Crippen LogP contribution is -2.26. The van der Waals surface area contributed by atoms with Gasteiger partial charge in [-0.25, -0.2) is 13.9 Å². The lowest BCUT2D eigenvalue weighted by molar-refractivity contribution is -0.286. The zero-order valence-electron chi connectivity index (χ0n) is 11.3. The molecule has 2 aromatic rings. The summed E-state index contributed by atoms with van der Waals surface area (Å²) in [7, 11) is 0. The number of halogens is 3. The number of alkyl halides is 2. The van der Waals surface area contributed by atoms with Crippen LogP contribution in [-0.2, 0) is 0 Å². The molecule has 23 heavy (non-hydrogen) atoms. The summed E-state index contributed by atoms with van der Waals surface area (Å²) in [5, 5.41) is 12.4. The number of benzene rings is 1. The fourth-order valence-corrected chi connectivity index (χ4v) is 2.01. The van der Waals surface area contributed by atoms with Crippen LogP contribution < -0.4 is 14.9 Å². The standard InChI is InChI=1S/C13H7F3N2O5/c1-5-4-18(17-10(11(5)19)12(20)21)7-3-9-8(2-6(7)14)22-13(15,16)23-9/h2-4H,1H3,(H,20,21). The van der Waals surface area contributed by atoms with Gasteiger partial charge in [0.2, 0.25) is 11.1 Å². The Morgan fingerprint density at radius 3 is 2.52 bits per heavy atom. The first kappa shape index (κ1) is 14.9. The van der Waals surface area contributed by atoms with Crippen molar-refractivity contribution < 1.29 is 32.5 Å². The van der Waals surface area contributed by atoms with Crippen molar-refractivity contribution >= 4 is 5.97 Å². The quantitative estimate of drug-likeness (QED) is 0.902. The predicted octanol–water partition coefficient (Wildman–Crippen LogP) is 1.70. The normalized spacial score (nSPS) is 14.8. The number of ether oxygens (including phenoxy) is 2. The molecular formula is C13H7F3N2O5. The smallest absolute Gasteiger partial charge is 0.476 e. The number of nitrogens with zero attached hydrogens (tertiary/aromatic N) is 2. The predicted molar refractivity (Wildman–Crippen MR) is 67.7 cm³/mol. The number of hydrogen-bond acceptors (Lipinski definition) is 5. The second kappa shape index (κ2) is 4.73. The molecule has 1 N–H and O–H groups in total. The summed E-state index contributed by atoms with van der Waals surface area (Å²) in [6.45, 7) is 1.31. The molecular weight excluding hydrogens is 321 g/mol. The summed E-state index contributed by atoms with van der Waals surface area (Å²) < 4.78 is 49.1. The van der Waals surface area contributed by atoms with Crippen LogP contribution in [0.15, 0.2) is 23.1 Å². The SMILES string of the molecule is Cc1cn(-c2cc3c(cc2F)OC(F)(F)O3)nc(C(=O)O)c1=O. The van der Waals surface area contributed by atoms with Gasteiger partial charge in [0.1, 0.15) is 5.69 Å². The van der Waals surface area contributed by atoms with Crippen LogP contribution in [0.1, 0.15) is 16.1 Å². The molecule has 1 aliphatic rings. The maximum atomic E-state index is 14.1. The van der Waals surface area contributed by atoms with Gasteiger partial charge in [-0.3, -0.25) is 4.79 Å². The highest BCUT2D eigenvalue weighted by atomic mass is 19.3. The van der Waals surface area contributed by atoms with Crippen LogP contribution in [0.2, 0.25) is 0 Å². The van der Waals surface area contributed by atoms with E-state index in [1.807, 2.05) is 0 Å². The molecule has 0 unspecified atom stereocenters. The summed E-state index contributed by atoms with van der Waals surface area (Å²) in [4.78, 5) is 22.7. The summed E-state index contributed by atoms with van der Waals surface area (Å²) in [5.74, 6) is -3.56. The number of rotatable bonds is 2. The van der Waals surface area contributed by atoms with Crippen molar-refractivity contribution in [1.29, 1.82) is 0 Å². The van der Waals surface area contributed by atoms with Crippen LogP contribution >= 0.6 is 0 Å². The van der Waals surface area contributed by atoms with E-state index in [2.05, 4.69) is 14.6 Å². The van der Waals surface area contributed by atoms with Crippen molar-refractivity contribution in [3.63, 3.8) is 0 Å². The van der Waals surface area contributed by atoms with Gasteiger partial charge in [-0.2, -0.15) is 5.10 Å². The summed E-state index contributed by atoms with van der Waals surface area (Å²) in [6.07, 6.45) is -2.85. The molecule has 1 aromatic carbocycles. The van der Waals surface area contributed by atoms with Crippen molar-refractivity contribution in [2.45, 2.75) is 13.2 Å². The molecule has 0 fully saturated rings. The van der Waals surface area contributed by atoms with E-state index in [0.29, 0.717) is 6.07 Å². The fraction of sp³-hybridized carbons (Fsp3) is 0.154. The molecule has 0 atom stereocenters. The lowest BCUT2D eigenvalue weighted by Gasteiger charge is -2.09. The number of carboxylic acids is 1. The maximum absolute atomic E-state index is 14.1. The number of aromatic carboxylic acids is 1. The topological polar surface area (TPSA) is 90.7 Å². The third-order valence-electron chi connectivity index (χ3n) is 3.02. The Hall–Kier alpha value is -3.04. The molecule has 0 bridgehead atoms. The first-order valence-corrected chi connectivity index (χ1v) is 6.11. The van der Waals surface area contributed by atoms with Gasteiger partial charge < -0.3 is 14.6 Å². The molecule has 0 saturated carbocycles. The number of carboxylic acid groups (broad SMARTS) is 1. The van der Waals surface area contributed by atoms with Gasteiger partial charge in [0.05, 0.1) is 0 Å². The largest absolute Gasteiger partial charge is 0.586 e. The van der Waals surface area contributed by atoms with E-state index in [0.717, 1.165) is 16.9 Å². The lowest BCUT2D eigenvalue weighted by atomic mass is 10.2. The van der Waals surface area contributed by atoms with Gasteiger partial charge in [-0.05, 0) is 6.92 Å². The second-order valence-corrected chi connectivity index (χ2v) is 4.66. The number of fused-ring (bicyclic) bond motifs is 1. The number of aromatic nitrogens is 2. The molecule has 1 aliphatic heterocycles. The molecule has 0 radical (unpaired) electrons. The first-order chi connectivity index (χ1) is 10.7. The van der Waals surface area contributed by atoms with E-state index in [9.17, 15) is 22.8 Å². The molecule has 2 heterocycles. The van der Waals surface area contributed by atoms with Crippen LogP contribution in [-0.4, -0.2) is 27.2 Å². The van der Waals surface area contributed by atoms with Crippen LogP contribution in [0.3, 0.4) is 0 Å². The molecule has 120 valence electrons. The zero-order chi connectivity index (χ0) is 16.9. The third kappa shape index (κ3) is 2.47. The van der Waals surface area contributed by atoms with Gasteiger partial charge in [0.15, 0.2) is 17.3 Å². The highest BCUT2D eigenvalue weighted by molar-refractivity contribution is 5.85. The van der Waals surface area contributed by atoms with Crippen LogP contribution in [0.4, 0.5) is 13.2 Å². The summed E-state index contributed by atoms with van der Waals surface area (Å²) in [6, 6.07) is 1.52. The van der Waals surface area contributed by atoms with Crippen molar-refractivity contribution in [3.05, 3.63) is 45.6 Å². The minimum absolute atomic E-state index is 0.0141. The zero-order valence-corrected chi connectivity index (χ0v) is 11.3. The monoisotopic (exact) mass is 328 g/mol. The second-order valence-electron chi connectivity index (χ2n) is 4.66. The first-order valence-electron chi connectivity index (χ1n) is 6.11. The van der Waals surface area contributed by atoms with Gasteiger partial charge >= 0.3 is 12.3 Å². The molecule has 0 spiro atoms. The van der Waals surface area contributed by atoms with Crippen LogP contribution in [0, 0.1) is 12.7 Å². The molecule has 10 heteroatoms. The molecule has 7 nitrogen and oxygen atoms in total. The highest BCUT2D eigenvalue weighted by Gasteiger charge is 2.44. The Kier molecular flexibility index (Phi) is 3.06. The summed E-state index contributed by atoms with van der Waals surface area (Å²) in [5.41, 5.74) is -2.05. The summed E-state index contributed by atoms with van der Waals surface area (Å²) >= 11 is 0. The van der Waals surface area contributed by atoms with Crippen molar-refractivity contribution in [3.8, 4) is 17.2 Å². The number of aryl methyl sites for hydroxylation is 1. The van der Waals surface area contributed by atoms with Gasteiger partial charge in [-0.1, -0.05) is 0 Å². The van der Waals surface area contributed by atoms with E-state index in [1.165, 1.54) is 6.92 Å². The molecule has 0 aliphatic carbocycles. The van der Waals surface area contributed by atoms with Crippen molar-refractivity contribution in [2.24, 2.45) is 0 Å². The fourth-order valence-electron chi connectivity index (χ4n) is 2.01. The average molecular weight is 328 g/mol. The van der Waals surface area contributed by atoms with E-state index in [4.69, 9.17) is 5.11 Å². The maximum Gasteiger partial charge on any atom is 0.586 e. The number of hydrogen-bond donors (Lipinski definition) is 1. The average Bonchev–Trinajstić information content (AvgIpc) is 2.73.